The van der Waals surface area contributed by atoms with Crippen molar-refractivity contribution in [2.45, 2.75) is 56.4 Å². The lowest BCUT2D eigenvalue weighted by molar-refractivity contribution is -0.0688. The van der Waals surface area contributed by atoms with Crippen LogP contribution in [0.15, 0.2) is 29.2 Å². The Hall–Kier alpha value is -0.960. The molecule has 1 atom stereocenters. The molecule has 4 bridgehead atoms. The molecule has 4 aliphatic carbocycles. The smallest absolute Gasteiger partial charge is 0.252 e. The summed E-state index contributed by atoms with van der Waals surface area (Å²) in [6, 6.07) is 8.25. The molecule has 1 N–H and O–H groups in total. The van der Waals surface area contributed by atoms with Crippen molar-refractivity contribution in [3.05, 3.63) is 29.8 Å². The van der Waals surface area contributed by atoms with Crippen LogP contribution in [0.5, 0.6) is 0 Å². The number of hydrogen-bond acceptors (Lipinski definition) is 2. The van der Waals surface area contributed by atoms with E-state index < -0.39 is 0 Å². The van der Waals surface area contributed by atoms with Gasteiger partial charge >= 0.3 is 0 Å². The van der Waals surface area contributed by atoms with E-state index in [9.17, 15) is 4.79 Å². The minimum atomic E-state index is 0.109. The second kappa shape index (κ2) is 5.84. The predicted molar refractivity (Wildman–Crippen MR) is 95.8 cm³/mol. The summed E-state index contributed by atoms with van der Waals surface area (Å²) in [4.78, 5) is 13.9. The maximum absolute atomic E-state index is 12.8. The summed E-state index contributed by atoms with van der Waals surface area (Å²) >= 11 is 1.65. The van der Waals surface area contributed by atoms with Crippen molar-refractivity contribution < 1.29 is 4.79 Å². The number of benzene rings is 1. The van der Waals surface area contributed by atoms with Crippen molar-refractivity contribution in [2.75, 3.05) is 6.26 Å². The molecule has 0 spiro atoms. The Labute approximate surface area is 143 Å². The molecule has 5 rings (SSSR count). The van der Waals surface area contributed by atoms with Gasteiger partial charge < -0.3 is 5.32 Å². The van der Waals surface area contributed by atoms with Crippen LogP contribution in [0, 0.1) is 23.2 Å². The molecular weight excluding hydrogens is 302 g/mol. The molecule has 0 radical (unpaired) electrons. The summed E-state index contributed by atoms with van der Waals surface area (Å²) < 4.78 is 0. The highest BCUT2D eigenvalue weighted by Gasteiger charge is 2.53. The van der Waals surface area contributed by atoms with Crippen molar-refractivity contribution in [1.82, 2.24) is 5.32 Å². The molecule has 4 fully saturated rings. The molecule has 1 amide bonds. The third-order valence-corrected chi connectivity index (χ3v) is 7.50. The molecule has 2 nitrogen and oxygen atoms in total. The largest absolute Gasteiger partial charge is 0.349 e. The van der Waals surface area contributed by atoms with Crippen LogP contribution in [-0.2, 0) is 0 Å². The molecule has 124 valence electrons. The Morgan fingerprint density at radius 1 is 1.13 bits per heavy atom. The van der Waals surface area contributed by atoms with E-state index >= 15 is 0 Å². The number of nitrogens with one attached hydrogen (secondary N) is 1. The van der Waals surface area contributed by atoms with E-state index in [2.05, 4.69) is 12.2 Å². The summed E-state index contributed by atoms with van der Waals surface area (Å²) in [5.74, 6) is 2.90. The van der Waals surface area contributed by atoms with Gasteiger partial charge in [-0.05, 0) is 87.0 Å². The molecule has 0 heterocycles. The summed E-state index contributed by atoms with van der Waals surface area (Å²) in [6.07, 6.45) is 10.4. The summed E-state index contributed by atoms with van der Waals surface area (Å²) in [6.45, 7) is 2.26. The number of carbonyl (C=O) groups is 1. The standard InChI is InChI=1S/C20H27NOS/c1-13(21-19(22)17-5-3-4-6-18(17)23-2)20-10-14-7-15(11-20)9-16(8-14)12-20/h3-6,13-16H,7-12H2,1-2H3,(H,21,22)/t13-,14?,15?,16?,20?/m1/s1. The number of thioether (sulfide) groups is 1. The average Bonchev–Trinajstić information content (AvgIpc) is 2.53. The van der Waals surface area contributed by atoms with Crippen LogP contribution in [-0.4, -0.2) is 18.2 Å². The van der Waals surface area contributed by atoms with Gasteiger partial charge in [-0.1, -0.05) is 12.1 Å². The van der Waals surface area contributed by atoms with Crippen molar-refractivity contribution in [2.24, 2.45) is 23.2 Å². The van der Waals surface area contributed by atoms with E-state index in [0.29, 0.717) is 11.5 Å². The van der Waals surface area contributed by atoms with Gasteiger partial charge in [0, 0.05) is 10.9 Å². The van der Waals surface area contributed by atoms with E-state index in [1.165, 1.54) is 38.5 Å². The maximum Gasteiger partial charge on any atom is 0.252 e. The Bertz CT molecular complexity index is 576. The van der Waals surface area contributed by atoms with E-state index in [1.54, 1.807) is 11.8 Å². The van der Waals surface area contributed by atoms with Crippen LogP contribution in [0.1, 0.15) is 55.8 Å². The number of rotatable bonds is 4. The van der Waals surface area contributed by atoms with Gasteiger partial charge in [0.25, 0.3) is 5.91 Å². The molecule has 1 aromatic carbocycles. The zero-order valence-corrected chi connectivity index (χ0v) is 15.0. The minimum Gasteiger partial charge on any atom is -0.349 e. The third-order valence-electron chi connectivity index (χ3n) is 6.70. The lowest BCUT2D eigenvalue weighted by Crippen LogP contribution is -2.55. The molecule has 4 aliphatic rings. The Morgan fingerprint density at radius 2 is 1.70 bits per heavy atom. The molecule has 3 heteroatoms. The van der Waals surface area contributed by atoms with E-state index in [0.717, 1.165) is 28.2 Å². The summed E-state index contributed by atoms with van der Waals surface area (Å²) in [5, 5.41) is 3.38. The van der Waals surface area contributed by atoms with Crippen LogP contribution in [0.2, 0.25) is 0 Å². The quantitative estimate of drug-likeness (QED) is 0.808. The number of amides is 1. The van der Waals surface area contributed by atoms with Crippen molar-refractivity contribution in [3.63, 3.8) is 0 Å². The fraction of sp³-hybridized carbons (Fsp3) is 0.650. The first kappa shape index (κ1) is 15.6. The first-order chi connectivity index (χ1) is 11.1. The SMILES string of the molecule is CSc1ccccc1C(=O)N[C@H](C)C12CC3CC(CC(C3)C1)C2. The molecule has 0 unspecified atom stereocenters. The Morgan fingerprint density at radius 3 is 2.26 bits per heavy atom. The molecule has 4 saturated carbocycles. The van der Waals surface area contributed by atoms with Crippen LogP contribution < -0.4 is 5.32 Å². The topological polar surface area (TPSA) is 29.1 Å². The third kappa shape index (κ3) is 2.71. The van der Waals surface area contributed by atoms with Crippen molar-refractivity contribution in [3.8, 4) is 0 Å². The highest BCUT2D eigenvalue weighted by atomic mass is 32.2. The lowest BCUT2D eigenvalue weighted by Gasteiger charge is -2.59. The highest BCUT2D eigenvalue weighted by molar-refractivity contribution is 7.98. The average molecular weight is 330 g/mol. The van der Waals surface area contributed by atoms with Gasteiger partial charge in [0.1, 0.15) is 0 Å². The van der Waals surface area contributed by atoms with Crippen molar-refractivity contribution in [1.29, 1.82) is 0 Å². The van der Waals surface area contributed by atoms with Gasteiger partial charge in [0.2, 0.25) is 0 Å². The molecular formula is C20H27NOS. The van der Waals surface area contributed by atoms with Crippen LogP contribution >= 0.6 is 11.8 Å². The Balaban J connectivity index is 1.51. The second-order valence-electron chi connectivity index (χ2n) is 8.18. The number of hydrogen-bond donors (Lipinski definition) is 1. The highest BCUT2D eigenvalue weighted by Crippen LogP contribution is 2.61. The maximum atomic E-state index is 12.8. The zero-order valence-electron chi connectivity index (χ0n) is 14.2. The molecule has 0 saturated heterocycles. The lowest BCUT2D eigenvalue weighted by atomic mass is 9.48. The van der Waals surface area contributed by atoms with Gasteiger partial charge in [0.05, 0.1) is 5.56 Å². The van der Waals surface area contributed by atoms with Crippen LogP contribution in [0.25, 0.3) is 0 Å². The zero-order chi connectivity index (χ0) is 16.0. The fourth-order valence-electron chi connectivity index (χ4n) is 5.97. The minimum absolute atomic E-state index is 0.109. The summed E-state index contributed by atoms with van der Waals surface area (Å²) in [7, 11) is 0. The van der Waals surface area contributed by atoms with E-state index in [1.807, 2.05) is 30.5 Å². The van der Waals surface area contributed by atoms with Gasteiger partial charge in [-0.25, -0.2) is 0 Å². The molecule has 0 aromatic heterocycles. The van der Waals surface area contributed by atoms with Crippen molar-refractivity contribution >= 4 is 17.7 Å². The monoisotopic (exact) mass is 329 g/mol. The summed E-state index contributed by atoms with van der Waals surface area (Å²) in [5.41, 5.74) is 1.20. The van der Waals surface area contributed by atoms with E-state index in [4.69, 9.17) is 0 Å². The molecule has 0 aliphatic heterocycles. The van der Waals surface area contributed by atoms with Gasteiger partial charge in [-0.2, -0.15) is 0 Å². The van der Waals surface area contributed by atoms with Gasteiger partial charge in [-0.15, -0.1) is 11.8 Å². The first-order valence-corrected chi connectivity index (χ1v) is 10.3. The number of carbonyl (C=O) groups excluding carboxylic acids is 1. The fourth-order valence-corrected chi connectivity index (χ4v) is 6.56. The van der Waals surface area contributed by atoms with Gasteiger partial charge in [0.15, 0.2) is 0 Å². The Kier molecular flexibility index (Phi) is 3.95. The van der Waals surface area contributed by atoms with Gasteiger partial charge in [-0.3, -0.25) is 4.79 Å². The van der Waals surface area contributed by atoms with E-state index in [-0.39, 0.29) is 5.91 Å². The molecule has 23 heavy (non-hydrogen) atoms. The predicted octanol–water partition coefficient (Wildman–Crippen LogP) is 4.74. The molecule has 1 aromatic rings. The normalized spacial score (nSPS) is 36.0. The van der Waals surface area contributed by atoms with Crippen LogP contribution in [0.3, 0.4) is 0 Å². The second-order valence-corrected chi connectivity index (χ2v) is 9.02. The first-order valence-electron chi connectivity index (χ1n) is 9.03. The van der Waals surface area contributed by atoms with Crippen LogP contribution in [0.4, 0.5) is 0 Å².